The lowest BCUT2D eigenvalue weighted by Crippen LogP contribution is -2.47. The molecule has 0 bridgehead atoms. The Hall–Kier alpha value is -2.48. The fraction of sp³-hybridized carbons (Fsp3) is 0.370. The van der Waals surface area contributed by atoms with Crippen molar-refractivity contribution in [2.75, 3.05) is 13.1 Å². The molecule has 0 N–H and O–H groups in total. The van der Waals surface area contributed by atoms with Crippen LogP contribution in [0.3, 0.4) is 0 Å². The molecule has 5 nitrogen and oxygen atoms in total. The number of amides is 1. The van der Waals surface area contributed by atoms with Crippen molar-refractivity contribution in [2.24, 2.45) is 5.92 Å². The first-order valence-corrected chi connectivity index (χ1v) is 14.1. The Balaban J connectivity index is 1.45. The summed E-state index contributed by atoms with van der Waals surface area (Å²) in [6, 6.07) is 21.2. The Morgan fingerprint density at radius 3 is 2.32 bits per heavy atom. The van der Waals surface area contributed by atoms with E-state index in [9.17, 15) is 13.2 Å². The van der Waals surface area contributed by atoms with Gasteiger partial charge in [0.2, 0.25) is 15.9 Å². The summed E-state index contributed by atoms with van der Waals surface area (Å²) in [5, 5.41) is 2.07. The number of hydrogen-bond acceptors (Lipinski definition) is 4. The van der Waals surface area contributed by atoms with Crippen LogP contribution in [-0.4, -0.2) is 42.7 Å². The molecule has 2 heterocycles. The van der Waals surface area contributed by atoms with Crippen LogP contribution in [0.25, 0.3) is 0 Å². The van der Waals surface area contributed by atoms with Gasteiger partial charge in [-0.05, 0) is 55.8 Å². The summed E-state index contributed by atoms with van der Waals surface area (Å²) in [7, 11) is -3.54. The molecule has 4 rings (SSSR count). The van der Waals surface area contributed by atoms with Gasteiger partial charge in [0.05, 0.1) is 4.90 Å². The molecular weight excluding hydrogens is 464 g/mol. The monoisotopic (exact) mass is 496 g/mol. The minimum atomic E-state index is -3.54. The molecule has 1 amide bonds. The lowest BCUT2D eigenvalue weighted by atomic mass is 9.95. The van der Waals surface area contributed by atoms with Gasteiger partial charge in [-0.3, -0.25) is 4.79 Å². The minimum absolute atomic E-state index is 0.0562. The number of carbonyl (C=O) groups excluding carboxylic acids is 1. The second-order valence-electron chi connectivity index (χ2n) is 9.08. The zero-order chi connectivity index (χ0) is 24.1. The van der Waals surface area contributed by atoms with Crippen molar-refractivity contribution in [1.82, 2.24) is 9.21 Å². The molecule has 1 fully saturated rings. The van der Waals surface area contributed by atoms with Gasteiger partial charge in [0.1, 0.15) is 0 Å². The minimum Gasteiger partial charge on any atom is -0.335 e. The molecule has 0 radical (unpaired) electrons. The third-order valence-corrected chi connectivity index (χ3v) is 9.36. The van der Waals surface area contributed by atoms with Crippen molar-refractivity contribution >= 4 is 27.3 Å². The van der Waals surface area contributed by atoms with E-state index in [0.29, 0.717) is 37.4 Å². The average Bonchev–Trinajstić information content (AvgIpc) is 3.36. The molecule has 180 valence electrons. The Morgan fingerprint density at radius 2 is 1.71 bits per heavy atom. The molecular formula is C27H32N2O3S2. The number of piperidine rings is 1. The number of benzene rings is 2. The van der Waals surface area contributed by atoms with Crippen molar-refractivity contribution in [3.63, 3.8) is 0 Å². The van der Waals surface area contributed by atoms with E-state index in [1.807, 2.05) is 48.2 Å². The quantitative estimate of drug-likeness (QED) is 0.435. The second kappa shape index (κ2) is 10.8. The van der Waals surface area contributed by atoms with Gasteiger partial charge in [0.15, 0.2) is 0 Å². The fourth-order valence-electron chi connectivity index (χ4n) is 4.50. The molecule has 1 aliphatic heterocycles. The van der Waals surface area contributed by atoms with Gasteiger partial charge in [-0.25, -0.2) is 8.42 Å². The molecule has 0 unspecified atom stereocenters. The standard InChI is InChI=1S/C27H32N2O3S2/c1-21-10-12-26(13-11-21)34(31,32)28-16-14-24(15-17-28)27(30)29(20-23-7-4-3-5-8-23)22(2)19-25-9-6-18-33-25/h3-13,18,22,24H,14-17,19-20H2,1-2H3/t22-/m1/s1. The average molecular weight is 497 g/mol. The number of hydrogen-bond donors (Lipinski definition) is 0. The molecule has 0 spiro atoms. The van der Waals surface area contributed by atoms with Crippen LogP contribution in [0.15, 0.2) is 77.0 Å². The van der Waals surface area contributed by atoms with Crippen molar-refractivity contribution in [1.29, 1.82) is 0 Å². The number of nitrogens with zero attached hydrogens (tertiary/aromatic N) is 2. The number of carbonyl (C=O) groups is 1. The van der Waals surface area contributed by atoms with E-state index < -0.39 is 10.0 Å². The van der Waals surface area contributed by atoms with E-state index in [1.54, 1.807) is 23.5 Å². The largest absolute Gasteiger partial charge is 0.335 e. The van der Waals surface area contributed by atoms with Crippen molar-refractivity contribution in [2.45, 2.75) is 50.6 Å². The highest BCUT2D eigenvalue weighted by Gasteiger charge is 2.35. The zero-order valence-electron chi connectivity index (χ0n) is 19.8. The van der Waals surface area contributed by atoms with E-state index in [4.69, 9.17) is 0 Å². The molecule has 1 atom stereocenters. The summed E-state index contributed by atoms with van der Waals surface area (Å²) in [5.41, 5.74) is 2.13. The van der Waals surface area contributed by atoms with Crippen LogP contribution < -0.4 is 0 Å². The van der Waals surface area contributed by atoms with Gasteiger partial charge in [-0.15, -0.1) is 11.3 Å². The number of thiophene rings is 1. The van der Waals surface area contributed by atoms with Gasteiger partial charge in [0.25, 0.3) is 0 Å². The Morgan fingerprint density at radius 1 is 1.03 bits per heavy atom. The van der Waals surface area contributed by atoms with E-state index in [1.165, 1.54) is 9.18 Å². The van der Waals surface area contributed by atoms with Gasteiger partial charge < -0.3 is 4.90 Å². The molecule has 7 heteroatoms. The number of rotatable bonds is 8. The first kappa shape index (κ1) is 24.6. The third kappa shape index (κ3) is 5.77. The van der Waals surface area contributed by atoms with E-state index >= 15 is 0 Å². The number of sulfonamides is 1. The zero-order valence-corrected chi connectivity index (χ0v) is 21.4. The van der Waals surface area contributed by atoms with Crippen molar-refractivity contribution in [3.8, 4) is 0 Å². The molecule has 1 aliphatic rings. The normalized spacial score (nSPS) is 16.3. The summed E-state index contributed by atoms with van der Waals surface area (Å²) in [6.45, 7) is 5.34. The summed E-state index contributed by atoms with van der Waals surface area (Å²) in [5.74, 6) is -0.0424. The first-order valence-electron chi connectivity index (χ1n) is 11.8. The molecule has 0 aliphatic carbocycles. The summed E-state index contributed by atoms with van der Waals surface area (Å²) >= 11 is 1.71. The highest BCUT2D eigenvalue weighted by molar-refractivity contribution is 7.89. The highest BCUT2D eigenvalue weighted by Crippen LogP contribution is 2.27. The second-order valence-corrected chi connectivity index (χ2v) is 12.0. The summed E-state index contributed by atoms with van der Waals surface area (Å²) < 4.78 is 27.7. The van der Waals surface area contributed by atoms with Gasteiger partial charge in [0, 0.05) is 42.9 Å². The maximum atomic E-state index is 13.7. The predicted molar refractivity (Wildman–Crippen MR) is 137 cm³/mol. The van der Waals surface area contributed by atoms with Crippen molar-refractivity contribution in [3.05, 3.63) is 88.1 Å². The summed E-state index contributed by atoms with van der Waals surface area (Å²) in [6.07, 6.45) is 1.90. The van der Waals surface area contributed by atoms with E-state index in [0.717, 1.165) is 17.5 Å². The molecule has 1 saturated heterocycles. The number of aryl methyl sites for hydroxylation is 1. The predicted octanol–water partition coefficient (Wildman–Crippen LogP) is 5.12. The topological polar surface area (TPSA) is 57.7 Å². The Labute approximate surface area is 207 Å². The van der Waals surface area contributed by atoms with Crippen LogP contribution in [0.5, 0.6) is 0 Å². The Kier molecular flexibility index (Phi) is 7.86. The van der Waals surface area contributed by atoms with Crippen LogP contribution in [-0.2, 0) is 27.8 Å². The van der Waals surface area contributed by atoms with E-state index in [-0.39, 0.29) is 17.9 Å². The maximum absolute atomic E-state index is 13.7. The summed E-state index contributed by atoms with van der Waals surface area (Å²) in [4.78, 5) is 17.3. The van der Waals surface area contributed by atoms with Crippen LogP contribution in [0, 0.1) is 12.8 Å². The Bertz CT molecular complexity index is 1170. The van der Waals surface area contributed by atoms with Gasteiger partial charge >= 0.3 is 0 Å². The molecule has 34 heavy (non-hydrogen) atoms. The smallest absolute Gasteiger partial charge is 0.243 e. The lowest BCUT2D eigenvalue weighted by molar-refractivity contribution is -0.139. The van der Waals surface area contributed by atoms with Gasteiger partial charge in [-0.1, -0.05) is 54.1 Å². The molecule has 1 aromatic heterocycles. The highest BCUT2D eigenvalue weighted by atomic mass is 32.2. The molecule has 0 saturated carbocycles. The SMILES string of the molecule is Cc1ccc(S(=O)(=O)N2CCC(C(=O)N(Cc3ccccc3)[C@H](C)Cc3cccs3)CC2)cc1. The fourth-order valence-corrected chi connectivity index (χ4v) is 6.79. The maximum Gasteiger partial charge on any atom is 0.243 e. The van der Waals surface area contributed by atoms with Crippen molar-refractivity contribution < 1.29 is 13.2 Å². The lowest BCUT2D eigenvalue weighted by Gasteiger charge is -2.36. The van der Waals surface area contributed by atoms with Gasteiger partial charge in [-0.2, -0.15) is 4.31 Å². The van der Waals surface area contributed by atoms with Crippen LogP contribution in [0.2, 0.25) is 0 Å². The van der Waals surface area contributed by atoms with Crippen LogP contribution in [0.1, 0.15) is 35.8 Å². The molecule has 3 aromatic rings. The van der Waals surface area contributed by atoms with Crippen LogP contribution >= 0.6 is 11.3 Å². The third-order valence-electron chi connectivity index (χ3n) is 6.55. The first-order chi connectivity index (χ1) is 16.3. The van der Waals surface area contributed by atoms with E-state index in [2.05, 4.69) is 30.5 Å². The van der Waals surface area contributed by atoms with Crippen LogP contribution in [0.4, 0.5) is 0 Å². The molecule has 2 aromatic carbocycles.